The van der Waals surface area contributed by atoms with E-state index < -0.39 is 23.6 Å². The summed E-state index contributed by atoms with van der Waals surface area (Å²) in [6.45, 7) is -1.29. The van der Waals surface area contributed by atoms with Gasteiger partial charge in [0.1, 0.15) is 11.6 Å². The summed E-state index contributed by atoms with van der Waals surface area (Å²) in [6.07, 6.45) is 0. The van der Waals surface area contributed by atoms with E-state index in [1.54, 1.807) is 6.92 Å². The summed E-state index contributed by atoms with van der Waals surface area (Å²) in [5.74, 6) is 5.38. The number of carbonyl (C=O) groups excluding carboxylic acids is 1. The van der Waals surface area contributed by atoms with Crippen molar-refractivity contribution in [3.8, 4) is 17.1 Å². The molecule has 12 heteroatoms. The summed E-state index contributed by atoms with van der Waals surface area (Å²) in [5, 5.41) is 10.2. The van der Waals surface area contributed by atoms with Crippen LogP contribution in [0.25, 0.3) is 11.4 Å². The Morgan fingerprint density at radius 1 is 1.23 bits per heavy atom. The molecule has 2 aromatic carbocycles. The molecular formula is C18H15ClF3N5O2S. The lowest BCUT2D eigenvalue weighted by Crippen LogP contribution is -2.23. The number of thioether (sulfide) groups is 1. The number of nitrogen functional groups attached to an aromatic ring is 1. The molecular weight excluding hydrogens is 443 g/mol. The molecule has 0 aliphatic rings. The maximum atomic E-state index is 13.1. The molecule has 0 saturated heterocycles. The van der Waals surface area contributed by atoms with E-state index in [4.69, 9.17) is 17.4 Å². The molecule has 3 N–H and O–H groups in total. The average Bonchev–Trinajstić information content (AvgIpc) is 3.04. The third-order valence-electron chi connectivity index (χ3n) is 3.84. The molecule has 0 aliphatic carbocycles. The van der Waals surface area contributed by atoms with Gasteiger partial charge in [0.15, 0.2) is 5.82 Å². The van der Waals surface area contributed by atoms with Gasteiger partial charge in [-0.3, -0.25) is 4.79 Å². The largest absolute Gasteiger partial charge is 0.435 e. The lowest BCUT2D eigenvalue weighted by atomic mass is 10.2. The monoisotopic (exact) mass is 457 g/mol. The topological polar surface area (TPSA) is 95.1 Å². The van der Waals surface area contributed by atoms with Crippen molar-refractivity contribution in [1.29, 1.82) is 0 Å². The highest BCUT2D eigenvalue weighted by Gasteiger charge is 2.21. The van der Waals surface area contributed by atoms with Crippen molar-refractivity contribution < 1.29 is 22.7 Å². The fraction of sp³-hybridized carbons (Fsp3) is 0.167. The smallest absolute Gasteiger partial charge is 0.387 e. The number of nitrogens with zero attached hydrogens (tertiary/aromatic N) is 3. The molecule has 1 unspecified atom stereocenters. The molecule has 1 atom stereocenters. The summed E-state index contributed by atoms with van der Waals surface area (Å²) < 4.78 is 43.1. The minimum absolute atomic E-state index is 0.00353. The number of hydrogen-bond acceptors (Lipinski definition) is 6. The number of amides is 1. The van der Waals surface area contributed by atoms with Gasteiger partial charge in [0, 0.05) is 5.56 Å². The fourth-order valence-electron chi connectivity index (χ4n) is 2.38. The zero-order valence-electron chi connectivity index (χ0n) is 15.4. The Balaban J connectivity index is 1.68. The van der Waals surface area contributed by atoms with Crippen LogP contribution in [0.15, 0.2) is 47.6 Å². The SMILES string of the molecule is CC(Sc1nnc(-c2ccc(OC(F)F)cc2)n1N)C(=O)Nc1ccc(F)cc1Cl. The van der Waals surface area contributed by atoms with Crippen molar-refractivity contribution in [3.63, 3.8) is 0 Å². The lowest BCUT2D eigenvalue weighted by Gasteiger charge is -2.12. The predicted molar refractivity (Wildman–Crippen MR) is 108 cm³/mol. The molecule has 7 nitrogen and oxygen atoms in total. The second-order valence-corrected chi connectivity index (χ2v) is 7.67. The van der Waals surface area contributed by atoms with Gasteiger partial charge >= 0.3 is 6.61 Å². The molecule has 1 aromatic heterocycles. The van der Waals surface area contributed by atoms with Crippen LogP contribution in [0.2, 0.25) is 5.02 Å². The standard InChI is InChI=1S/C18H15ClF3N5O2S/c1-9(16(28)24-14-7-4-11(20)8-13(14)19)30-18-26-25-15(27(18)23)10-2-5-12(6-3-10)29-17(21)22/h2-9,17H,23H2,1H3,(H,24,28). The third-order valence-corrected chi connectivity index (χ3v) is 5.21. The maximum absolute atomic E-state index is 13.1. The Hall–Kier alpha value is -2.92. The van der Waals surface area contributed by atoms with E-state index in [0.29, 0.717) is 5.56 Å². The average molecular weight is 458 g/mol. The van der Waals surface area contributed by atoms with Crippen molar-refractivity contribution in [2.24, 2.45) is 0 Å². The molecule has 1 amide bonds. The molecule has 0 spiro atoms. The molecule has 3 rings (SSSR count). The second kappa shape index (κ2) is 9.26. The maximum Gasteiger partial charge on any atom is 0.387 e. The Morgan fingerprint density at radius 2 is 1.93 bits per heavy atom. The quantitative estimate of drug-likeness (QED) is 0.408. The molecule has 158 valence electrons. The van der Waals surface area contributed by atoms with Crippen LogP contribution in [0.5, 0.6) is 5.75 Å². The van der Waals surface area contributed by atoms with Gasteiger partial charge in [0.25, 0.3) is 0 Å². The number of halogens is 4. The molecule has 0 bridgehead atoms. The summed E-state index contributed by atoms with van der Waals surface area (Å²) in [4.78, 5) is 12.4. The minimum Gasteiger partial charge on any atom is -0.435 e. The van der Waals surface area contributed by atoms with Crippen molar-refractivity contribution in [1.82, 2.24) is 14.9 Å². The summed E-state index contributed by atoms with van der Waals surface area (Å²) in [5.41, 5.74) is 0.796. The number of ether oxygens (including phenoxy) is 1. The van der Waals surface area contributed by atoms with Crippen LogP contribution in [0.4, 0.5) is 18.9 Å². The Bertz CT molecular complexity index is 1050. The Kier molecular flexibility index (Phi) is 6.73. The molecule has 0 saturated carbocycles. The second-order valence-electron chi connectivity index (χ2n) is 5.95. The van der Waals surface area contributed by atoms with Gasteiger partial charge < -0.3 is 15.9 Å². The first-order valence-corrected chi connectivity index (χ1v) is 9.68. The zero-order valence-corrected chi connectivity index (χ0v) is 16.9. The highest BCUT2D eigenvalue weighted by Crippen LogP contribution is 2.28. The van der Waals surface area contributed by atoms with E-state index in [2.05, 4.69) is 20.3 Å². The summed E-state index contributed by atoms with van der Waals surface area (Å²) in [7, 11) is 0. The first-order valence-electron chi connectivity index (χ1n) is 8.43. The fourth-order valence-corrected chi connectivity index (χ4v) is 3.36. The number of alkyl halides is 2. The number of nitrogens with two attached hydrogens (primary N) is 1. The highest BCUT2D eigenvalue weighted by molar-refractivity contribution is 8.00. The normalized spacial score (nSPS) is 12.1. The Morgan fingerprint density at radius 3 is 2.57 bits per heavy atom. The van der Waals surface area contributed by atoms with Gasteiger partial charge in [0.05, 0.1) is 16.0 Å². The lowest BCUT2D eigenvalue weighted by molar-refractivity contribution is -0.115. The van der Waals surface area contributed by atoms with Crippen LogP contribution < -0.4 is 15.9 Å². The van der Waals surface area contributed by atoms with E-state index >= 15 is 0 Å². The molecule has 0 fully saturated rings. The minimum atomic E-state index is -2.92. The molecule has 30 heavy (non-hydrogen) atoms. The third kappa shape index (κ3) is 5.16. The number of nitrogens with one attached hydrogen (secondary N) is 1. The van der Waals surface area contributed by atoms with Gasteiger partial charge in [-0.1, -0.05) is 23.4 Å². The number of carbonyl (C=O) groups is 1. The van der Waals surface area contributed by atoms with Crippen molar-refractivity contribution in [3.05, 3.63) is 53.3 Å². The number of hydrogen-bond donors (Lipinski definition) is 2. The number of aromatic nitrogens is 3. The molecule has 0 radical (unpaired) electrons. The first kappa shape index (κ1) is 21.8. The van der Waals surface area contributed by atoms with Crippen molar-refractivity contribution >= 4 is 35.0 Å². The first-order chi connectivity index (χ1) is 14.2. The zero-order chi connectivity index (χ0) is 21.8. The summed E-state index contributed by atoms with van der Waals surface area (Å²) >= 11 is 6.96. The molecule has 1 heterocycles. The van der Waals surface area contributed by atoms with Crippen LogP contribution in [0, 0.1) is 5.82 Å². The highest BCUT2D eigenvalue weighted by atomic mass is 35.5. The van der Waals surface area contributed by atoms with Gasteiger partial charge in [-0.2, -0.15) is 8.78 Å². The molecule has 3 aromatic rings. The van der Waals surface area contributed by atoms with Gasteiger partial charge in [0.2, 0.25) is 11.1 Å². The van der Waals surface area contributed by atoms with Crippen LogP contribution in [-0.2, 0) is 4.79 Å². The van der Waals surface area contributed by atoms with E-state index in [1.807, 2.05) is 0 Å². The van der Waals surface area contributed by atoms with Crippen LogP contribution in [0.1, 0.15) is 6.92 Å². The predicted octanol–water partition coefficient (Wildman–Crippen LogP) is 4.17. The van der Waals surface area contributed by atoms with Crippen LogP contribution in [0.3, 0.4) is 0 Å². The van der Waals surface area contributed by atoms with E-state index in [1.165, 1.54) is 41.1 Å². The van der Waals surface area contributed by atoms with Gasteiger partial charge in [-0.15, -0.1) is 10.2 Å². The number of anilines is 1. The Labute approximate surface area is 178 Å². The van der Waals surface area contributed by atoms with E-state index in [-0.39, 0.29) is 27.4 Å². The van der Waals surface area contributed by atoms with Crippen LogP contribution >= 0.6 is 23.4 Å². The van der Waals surface area contributed by atoms with E-state index in [9.17, 15) is 18.0 Å². The van der Waals surface area contributed by atoms with Gasteiger partial charge in [-0.25, -0.2) is 9.07 Å². The number of rotatable bonds is 7. The van der Waals surface area contributed by atoms with Crippen LogP contribution in [-0.4, -0.2) is 32.6 Å². The van der Waals surface area contributed by atoms with E-state index in [0.717, 1.165) is 17.8 Å². The molecule has 0 aliphatic heterocycles. The number of benzene rings is 2. The van der Waals surface area contributed by atoms with Crippen molar-refractivity contribution in [2.75, 3.05) is 11.2 Å². The van der Waals surface area contributed by atoms with Gasteiger partial charge in [-0.05, 0) is 49.4 Å². The summed E-state index contributed by atoms with van der Waals surface area (Å²) in [6, 6.07) is 9.35. The van der Waals surface area contributed by atoms with Crippen molar-refractivity contribution in [2.45, 2.75) is 23.9 Å².